The van der Waals surface area contributed by atoms with Crippen molar-refractivity contribution in [3.8, 4) is 11.5 Å². The number of nitrogens with one attached hydrogen (secondary N) is 1. The molecular formula is C20H26ClNO3. The molecule has 2 aromatic rings. The summed E-state index contributed by atoms with van der Waals surface area (Å²) in [4.78, 5) is 0. The Morgan fingerprint density at radius 2 is 1.80 bits per heavy atom. The first kappa shape index (κ1) is 19.6. The van der Waals surface area contributed by atoms with Gasteiger partial charge in [-0.1, -0.05) is 41.9 Å². The molecule has 136 valence electrons. The van der Waals surface area contributed by atoms with E-state index in [1.54, 1.807) is 7.11 Å². The molecule has 1 N–H and O–H groups in total. The summed E-state index contributed by atoms with van der Waals surface area (Å²) in [5.41, 5.74) is 2.10. The molecule has 0 bridgehead atoms. The fraction of sp³-hybridized carbons (Fsp3) is 0.400. The first-order chi connectivity index (χ1) is 12.2. The summed E-state index contributed by atoms with van der Waals surface area (Å²) in [5.74, 6) is 1.38. The van der Waals surface area contributed by atoms with Gasteiger partial charge in [0.15, 0.2) is 11.5 Å². The Hall–Kier alpha value is -1.75. The van der Waals surface area contributed by atoms with Crippen LogP contribution >= 0.6 is 11.6 Å². The molecule has 25 heavy (non-hydrogen) atoms. The van der Waals surface area contributed by atoms with E-state index in [1.807, 2.05) is 49.4 Å². The Morgan fingerprint density at radius 3 is 2.52 bits per heavy atom. The Balaban J connectivity index is 2.02. The van der Waals surface area contributed by atoms with Crippen LogP contribution in [0.15, 0.2) is 42.5 Å². The van der Waals surface area contributed by atoms with Crippen molar-refractivity contribution in [3.05, 3.63) is 58.6 Å². The third kappa shape index (κ3) is 6.58. The van der Waals surface area contributed by atoms with Crippen molar-refractivity contribution in [2.75, 3.05) is 26.9 Å². The normalized spacial score (nSPS) is 10.7. The molecular weight excluding hydrogens is 338 g/mol. The number of rotatable bonds is 11. The zero-order valence-electron chi connectivity index (χ0n) is 14.9. The number of hydrogen-bond acceptors (Lipinski definition) is 4. The van der Waals surface area contributed by atoms with E-state index in [9.17, 15) is 0 Å². The topological polar surface area (TPSA) is 39.7 Å². The van der Waals surface area contributed by atoms with Crippen molar-refractivity contribution in [3.63, 3.8) is 0 Å². The Morgan fingerprint density at radius 1 is 1.04 bits per heavy atom. The number of ether oxygens (including phenoxy) is 3. The van der Waals surface area contributed by atoms with E-state index in [2.05, 4.69) is 5.32 Å². The summed E-state index contributed by atoms with van der Waals surface area (Å²) in [5, 5.41) is 4.04. The molecule has 5 heteroatoms. The minimum absolute atomic E-state index is 0.478. The second-order valence-corrected chi connectivity index (χ2v) is 6.03. The van der Waals surface area contributed by atoms with Crippen LogP contribution in [-0.2, 0) is 17.9 Å². The molecule has 0 aromatic heterocycles. The lowest BCUT2D eigenvalue weighted by Crippen LogP contribution is -2.16. The molecule has 0 aliphatic heterocycles. The summed E-state index contributed by atoms with van der Waals surface area (Å²) in [6, 6.07) is 13.8. The van der Waals surface area contributed by atoms with Gasteiger partial charge in [-0.15, -0.1) is 0 Å². The molecule has 2 aromatic carbocycles. The van der Waals surface area contributed by atoms with Gasteiger partial charge in [-0.2, -0.15) is 0 Å². The molecule has 0 atom stereocenters. The monoisotopic (exact) mass is 363 g/mol. The third-order valence-electron chi connectivity index (χ3n) is 3.67. The molecule has 0 saturated carbocycles. The maximum absolute atomic E-state index is 6.42. The van der Waals surface area contributed by atoms with Crippen LogP contribution in [0.4, 0.5) is 0 Å². The molecule has 0 aliphatic rings. The van der Waals surface area contributed by atoms with E-state index in [0.717, 1.165) is 36.4 Å². The average Bonchev–Trinajstić information content (AvgIpc) is 2.63. The first-order valence-electron chi connectivity index (χ1n) is 8.56. The quantitative estimate of drug-likeness (QED) is 0.599. The molecule has 0 radical (unpaired) electrons. The van der Waals surface area contributed by atoms with Crippen molar-refractivity contribution < 1.29 is 14.2 Å². The highest BCUT2D eigenvalue weighted by atomic mass is 35.5. The third-order valence-corrected chi connectivity index (χ3v) is 4.02. The van der Waals surface area contributed by atoms with Gasteiger partial charge in [-0.05, 0) is 37.1 Å². The largest absolute Gasteiger partial charge is 0.490 e. The van der Waals surface area contributed by atoms with Gasteiger partial charge in [0.1, 0.15) is 6.61 Å². The first-order valence-corrected chi connectivity index (χ1v) is 8.94. The second kappa shape index (κ2) is 11.0. The van der Waals surface area contributed by atoms with Crippen LogP contribution < -0.4 is 14.8 Å². The standard InChI is InChI=1S/C20H26ClNO3/c1-3-24-19-12-17(14-22-10-7-11-23-2)18(21)13-20(19)25-15-16-8-5-4-6-9-16/h4-6,8-9,12-13,22H,3,7,10-11,14-15H2,1-2H3. The van der Waals surface area contributed by atoms with Gasteiger partial charge < -0.3 is 19.5 Å². The van der Waals surface area contributed by atoms with Crippen molar-refractivity contribution >= 4 is 11.6 Å². The zero-order chi connectivity index (χ0) is 17.9. The van der Waals surface area contributed by atoms with Gasteiger partial charge in [0.2, 0.25) is 0 Å². The van der Waals surface area contributed by atoms with Crippen molar-refractivity contribution in [1.82, 2.24) is 5.32 Å². The van der Waals surface area contributed by atoms with E-state index in [-0.39, 0.29) is 0 Å². The predicted molar refractivity (Wildman–Crippen MR) is 102 cm³/mol. The zero-order valence-corrected chi connectivity index (χ0v) is 15.6. The van der Waals surface area contributed by atoms with Crippen LogP contribution in [0.2, 0.25) is 5.02 Å². The molecule has 0 saturated heterocycles. The van der Waals surface area contributed by atoms with Crippen molar-refractivity contribution in [2.45, 2.75) is 26.5 Å². The lowest BCUT2D eigenvalue weighted by atomic mass is 10.2. The summed E-state index contributed by atoms with van der Waals surface area (Å²) in [6.07, 6.45) is 0.963. The average molecular weight is 364 g/mol. The smallest absolute Gasteiger partial charge is 0.163 e. The lowest BCUT2D eigenvalue weighted by Gasteiger charge is -2.15. The van der Waals surface area contributed by atoms with E-state index in [0.29, 0.717) is 30.5 Å². The van der Waals surface area contributed by atoms with Gasteiger partial charge in [0.05, 0.1) is 6.61 Å². The molecule has 0 aliphatic carbocycles. The highest BCUT2D eigenvalue weighted by Crippen LogP contribution is 2.34. The number of benzene rings is 2. The van der Waals surface area contributed by atoms with Crippen LogP contribution in [0.1, 0.15) is 24.5 Å². The molecule has 0 heterocycles. The van der Waals surface area contributed by atoms with E-state index in [1.165, 1.54) is 0 Å². The van der Waals surface area contributed by atoms with Crippen molar-refractivity contribution in [2.24, 2.45) is 0 Å². The lowest BCUT2D eigenvalue weighted by molar-refractivity contribution is 0.194. The summed E-state index contributed by atoms with van der Waals surface area (Å²) >= 11 is 6.42. The Kier molecular flexibility index (Phi) is 8.60. The summed E-state index contributed by atoms with van der Waals surface area (Å²) in [6.45, 7) is 5.31. The van der Waals surface area contributed by atoms with Crippen LogP contribution in [-0.4, -0.2) is 26.9 Å². The van der Waals surface area contributed by atoms with Gasteiger partial charge >= 0.3 is 0 Å². The van der Waals surface area contributed by atoms with Gasteiger partial charge in [0, 0.05) is 31.4 Å². The number of halogens is 1. The molecule has 0 amide bonds. The SMILES string of the molecule is CCOc1cc(CNCCCOC)c(Cl)cc1OCc1ccccc1. The predicted octanol–water partition coefficient (Wildman–Crippen LogP) is 4.44. The second-order valence-electron chi connectivity index (χ2n) is 5.62. The maximum atomic E-state index is 6.42. The minimum Gasteiger partial charge on any atom is -0.490 e. The van der Waals surface area contributed by atoms with Crippen LogP contribution in [0.5, 0.6) is 11.5 Å². The molecule has 0 fully saturated rings. The number of methoxy groups -OCH3 is 1. The molecule has 4 nitrogen and oxygen atoms in total. The molecule has 2 rings (SSSR count). The molecule has 0 unspecified atom stereocenters. The van der Waals surface area contributed by atoms with E-state index < -0.39 is 0 Å². The van der Waals surface area contributed by atoms with Crippen LogP contribution in [0.25, 0.3) is 0 Å². The fourth-order valence-electron chi connectivity index (χ4n) is 2.39. The van der Waals surface area contributed by atoms with Gasteiger partial charge in [-0.25, -0.2) is 0 Å². The van der Waals surface area contributed by atoms with Gasteiger partial charge in [0.25, 0.3) is 0 Å². The Labute approximate surface area is 155 Å². The summed E-state index contributed by atoms with van der Waals surface area (Å²) in [7, 11) is 1.71. The van der Waals surface area contributed by atoms with Crippen LogP contribution in [0, 0.1) is 0 Å². The Bertz CT molecular complexity index is 634. The van der Waals surface area contributed by atoms with E-state index in [4.69, 9.17) is 25.8 Å². The molecule has 0 spiro atoms. The van der Waals surface area contributed by atoms with Gasteiger partial charge in [-0.3, -0.25) is 0 Å². The maximum Gasteiger partial charge on any atom is 0.163 e. The van der Waals surface area contributed by atoms with Crippen LogP contribution in [0.3, 0.4) is 0 Å². The summed E-state index contributed by atoms with van der Waals surface area (Å²) < 4.78 is 16.7. The minimum atomic E-state index is 0.478. The van der Waals surface area contributed by atoms with Crippen molar-refractivity contribution in [1.29, 1.82) is 0 Å². The highest BCUT2D eigenvalue weighted by molar-refractivity contribution is 6.31. The number of hydrogen-bond donors (Lipinski definition) is 1. The highest BCUT2D eigenvalue weighted by Gasteiger charge is 2.11. The van der Waals surface area contributed by atoms with E-state index >= 15 is 0 Å². The fourth-order valence-corrected chi connectivity index (χ4v) is 2.61.